The molecular weight excluding hydrogens is 276 g/mol. The van der Waals surface area contributed by atoms with Gasteiger partial charge in [0.2, 0.25) is 0 Å². The normalized spacial score (nSPS) is 14.4. The molecule has 1 aliphatic rings. The first-order valence-corrected chi connectivity index (χ1v) is 7.63. The largest absolute Gasteiger partial charge is 0.508 e. The van der Waals surface area contributed by atoms with Gasteiger partial charge >= 0.3 is 6.16 Å². The molecule has 22 heavy (non-hydrogen) atoms. The van der Waals surface area contributed by atoms with Crippen molar-refractivity contribution in [3.05, 3.63) is 59.7 Å². The molecule has 3 nitrogen and oxygen atoms in total. The Balaban J connectivity index is 1.92. The average molecular weight is 296 g/mol. The molecule has 0 heterocycles. The number of hydrogen-bond donors (Lipinski definition) is 0. The molecule has 0 amide bonds. The van der Waals surface area contributed by atoms with E-state index < -0.39 is 6.16 Å². The van der Waals surface area contributed by atoms with Crippen LogP contribution in [0.1, 0.15) is 37.8 Å². The molecule has 2 aromatic rings. The van der Waals surface area contributed by atoms with Crippen molar-refractivity contribution in [2.75, 3.05) is 0 Å². The van der Waals surface area contributed by atoms with E-state index in [9.17, 15) is 4.79 Å². The highest BCUT2D eigenvalue weighted by Crippen LogP contribution is 2.46. The zero-order valence-corrected chi connectivity index (χ0v) is 13.1. The highest BCUT2D eigenvalue weighted by Gasteiger charge is 2.34. The first-order chi connectivity index (χ1) is 10.6. The Labute approximate surface area is 130 Å². The number of rotatable bonds is 3. The van der Waals surface area contributed by atoms with E-state index in [1.807, 2.05) is 45.0 Å². The van der Waals surface area contributed by atoms with Crippen LogP contribution >= 0.6 is 0 Å². The predicted octanol–water partition coefficient (Wildman–Crippen LogP) is 4.75. The van der Waals surface area contributed by atoms with Crippen molar-refractivity contribution in [2.24, 2.45) is 0 Å². The maximum absolute atomic E-state index is 11.8. The van der Waals surface area contributed by atoms with Gasteiger partial charge in [-0.1, -0.05) is 48.5 Å². The molecule has 3 heteroatoms. The van der Waals surface area contributed by atoms with Crippen LogP contribution in [0.5, 0.6) is 0 Å². The number of benzene rings is 2. The number of hydrogen-bond acceptors (Lipinski definition) is 3. The van der Waals surface area contributed by atoms with Crippen molar-refractivity contribution in [2.45, 2.75) is 38.9 Å². The topological polar surface area (TPSA) is 35.5 Å². The number of fused-ring (bicyclic) bond motifs is 3. The molecule has 0 fully saturated rings. The van der Waals surface area contributed by atoms with Gasteiger partial charge < -0.3 is 9.47 Å². The fourth-order valence-electron chi connectivity index (χ4n) is 3.14. The van der Waals surface area contributed by atoms with Gasteiger partial charge in [0.1, 0.15) is 6.10 Å². The first-order valence-electron chi connectivity index (χ1n) is 7.63. The Hall–Kier alpha value is -2.29. The maximum atomic E-state index is 11.8. The van der Waals surface area contributed by atoms with Gasteiger partial charge in [-0.2, -0.15) is 0 Å². The van der Waals surface area contributed by atoms with Crippen LogP contribution in [0.15, 0.2) is 48.5 Å². The molecule has 1 unspecified atom stereocenters. The van der Waals surface area contributed by atoms with Crippen LogP contribution < -0.4 is 0 Å². The van der Waals surface area contributed by atoms with Crippen molar-refractivity contribution in [3.63, 3.8) is 0 Å². The highest BCUT2D eigenvalue weighted by atomic mass is 16.7. The SMILES string of the molecule is CC(C)OC(=O)OC(C)C1c2ccccc2-c2ccccc21. The van der Waals surface area contributed by atoms with E-state index in [1.54, 1.807) is 0 Å². The Kier molecular flexibility index (Phi) is 3.88. The third-order valence-electron chi connectivity index (χ3n) is 3.97. The van der Waals surface area contributed by atoms with Crippen LogP contribution in [0.3, 0.4) is 0 Å². The fraction of sp³-hybridized carbons (Fsp3) is 0.316. The molecule has 3 rings (SSSR count). The second kappa shape index (κ2) is 5.84. The summed E-state index contributed by atoms with van der Waals surface area (Å²) in [7, 11) is 0. The molecule has 0 saturated carbocycles. The van der Waals surface area contributed by atoms with Gasteiger partial charge in [-0.3, -0.25) is 0 Å². The van der Waals surface area contributed by atoms with Gasteiger partial charge in [-0.05, 0) is 43.0 Å². The summed E-state index contributed by atoms with van der Waals surface area (Å²) in [5, 5.41) is 0. The summed E-state index contributed by atoms with van der Waals surface area (Å²) in [5.74, 6) is 0.0483. The minimum Gasteiger partial charge on any atom is -0.432 e. The fourth-order valence-corrected chi connectivity index (χ4v) is 3.14. The Morgan fingerprint density at radius 2 is 1.36 bits per heavy atom. The number of carbonyl (C=O) groups excluding carboxylic acids is 1. The number of ether oxygens (including phenoxy) is 2. The molecular formula is C19H20O3. The maximum Gasteiger partial charge on any atom is 0.508 e. The summed E-state index contributed by atoms with van der Waals surface area (Å²) in [6.07, 6.45) is -1.07. The van der Waals surface area contributed by atoms with E-state index in [2.05, 4.69) is 24.3 Å². The van der Waals surface area contributed by atoms with Crippen LogP contribution in [0.25, 0.3) is 11.1 Å². The van der Waals surface area contributed by atoms with E-state index >= 15 is 0 Å². The van der Waals surface area contributed by atoms with E-state index in [1.165, 1.54) is 22.3 Å². The summed E-state index contributed by atoms with van der Waals surface area (Å²) in [6.45, 7) is 5.54. The zero-order valence-electron chi connectivity index (χ0n) is 13.1. The second-order valence-electron chi connectivity index (χ2n) is 5.89. The summed E-state index contributed by atoms with van der Waals surface area (Å²) in [6, 6.07) is 16.6. The third-order valence-corrected chi connectivity index (χ3v) is 3.97. The average Bonchev–Trinajstić information content (AvgIpc) is 2.80. The lowest BCUT2D eigenvalue weighted by Gasteiger charge is -2.22. The molecule has 2 aromatic carbocycles. The van der Waals surface area contributed by atoms with E-state index in [4.69, 9.17) is 9.47 Å². The second-order valence-corrected chi connectivity index (χ2v) is 5.89. The van der Waals surface area contributed by atoms with Gasteiger partial charge in [0.05, 0.1) is 6.10 Å². The van der Waals surface area contributed by atoms with Crippen molar-refractivity contribution in [3.8, 4) is 11.1 Å². The molecule has 1 atom stereocenters. The lowest BCUT2D eigenvalue weighted by atomic mass is 9.92. The predicted molar refractivity (Wildman–Crippen MR) is 85.9 cm³/mol. The monoisotopic (exact) mass is 296 g/mol. The summed E-state index contributed by atoms with van der Waals surface area (Å²) in [5.41, 5.74) is 4.84. The van der Waals surface area contributed by atoms with Crippen molar-refractivity contribution >= 4 is 6.16 Å². The zero-order chi connectivity index (χ0) is 15.7. The molecule has 0 radical (unpaired) electrons. The van der Waals surface area contributed by atoms with Gasteiger partial charge in [-0.25, -0.2) is 4.79 Å². The van der Waals surface area contributed by atoms with Crippen LogP contribution in [0, 0.1) is 0 Å². The summed E-state index contributed by atoms with van der Waals surface area (Å²) >= 11 is 0. The van der Waals surface area contributed by atoms with Gasteiger partial charge in [-0.15, -0.1) is 0 Å². The quantitative estimate of drug-likeness (QED) is 0.767. The van der Waals surface area contributed by atoms with Gasteiger partial charge in [0.25, 0.3) is 0 Å². The van der Waals surface area contributed by atoms with Crippen molar-refractivity contribution in [1.29, 1.82) is 0 Å². The van der Waals surface area contributed by atoms with Crippen molar-refractivity contribution < 1.29 is 14.3 Å². The molecule has 0 spiro atoms. The Morgan fingerprint density at radius 1 is 0.864 bits per heavy atom. The molecule has 114 valence electrons. The molecule has 1 aliphatic carbocycles. The molecule has 0 bridgehead atoms. The first kappa shape index (κ1) is 14.6. The van der Waals surface area contributed by atoms with Crippen LogP contribution in [0.4, 0.5) is 4.79 Å². The smallest absolute Gasteiger partial charge is 0.432 e. The van der Waals surface area contributed by atoms with E-state index in [0.29, 0.717) is 0 Å². The third kappa shape index (κ3) is 2.59. The van der Waals surface area contributed by atoms with Crippen LogP contribution in [-0.2, 0) is 9.47 Å². The minimum atomic E-state index is -0.607. The molecule has 0 aliphatic heterocycles. The Bertz CT molecular complexity index is 645. The van der Waals surface area contributed by atoms with Gasteiger partial charge in [0, 0.05) is 5.92 Å². The van der Waals surface area contributed by atoms with E-state index in [0.717, 1.165) is 0 Å². The summed E-state index contributed by atoms with van der Waals surface area (Å²) in [4.78, 5) is 11.8. The van der Waals surface area contributed by atoms with Gasteiger partial charge in [0.15, 0.2) is 0 Å². The standard InChI is InChI=1S/C19H20O3/c1-12(2)21-19(20)22-13(3)18-16-10-6-4-8-14(16)15-9-5-7-11-17(15)18/h4-13,18H,1-3H3. The molecule has 0 N–H and O–H groups in total. The number of carbonyl (C=O) groups is 1. The van der Waals surface area contributed by atoms with Crippen LogP contribution in [-0.4, -0.2) is 18.4 Å². The minimum absolute atomic E-state index is 0.0483. The Morgan fingerprint density at radius 3 is 1.86 bits per heavy atom. The van der Waals surface area contributed by atoms with Crippen LogP contribution in [0.2, 0.25) is 0 Å². The lowest BCUT2D eigenvalue weighted by Crippen LogP contribution is -2.24. The summed E-state index contributed by atoms with van der Waals surface area (Å²) < 4.78 is 10.6. The molecule has 0 aromatic heterocycles. The lowest BCUT2D eigenvalue weighted by molar-refractivity contribution is 0.00826. The van der Waals surface area contributed by atoms with Crippen molar-refractivity contribution in [1.82, 2.24) is 0 Å². The highest BCUT2D eigenvalue weighted by molar-refractivity contribution is 5.79. The molecule has 0 saturated heterocycles. The van der Waals surface area contributed by atoms with E-state index in [-0.39, 0.29) is 18.1 Å².